The zero-order chi connectivity index (χ0) is 14.4. The first-order valence-corrected chi connectivity index (χ1v) is 7.68. The maximum absolute atomic E-state index is 5.66. The molecule has 106 valence electrons. The second-order valence-corrected chi connectivity index (χ2v) is 5.86. The van der Waals surface area contributed by atoms with Gasteiger partial charge in [0.05, 0.1) is 11.6 Å². The molecule has 0 bridgehead atoms. The van der Waals surface area contributed by atoms with Crippen molar-refractivity contribution in [1.82, 2.24) is 4.98 Å². The topological polar surface area (TPSA) is 48.1 Å². The molecule has 0 spiro atoms. The lowest BCUT2D eigenvalue weighted by Crippen LogP contribution is -1.99. The molecule has 2 rings (SSSR count). The summed E-state index contributed by atoms with van der Waals surface area (Å²) in [6, 6.07) is 11.7. The standard InChI is InChI=1S/C16H20N2OS/c1-12-10-13(2)18-16(11-12)20-9-3-8-19-15-6-4-14(17)5-7-15/h4-7,10-11H,3,8-9,17H2,1-2H3. The van der Waals surface area contributed by atoms with Crippen molar-refractivity contribution in [1.29, 1.82) is 0 Å². The normalized spacial score (nSPS) is 10.5. The van der Waals surface area contributed by atoms with Gasteiger partial charge in [-0.25, -0.2) is 4.98 Å². The number of thioether (sulfide) groups is 1. The number of aromatic nitrogens is 1. The smallest absolute Gasteiger partial charge is 0.119 e. The number of benzene rings is 1. The highest BCUT2D eigenvalue weighted by molar-refractivity contribution is 7.99. The summed E-state index contributed by atoms with van der Waals surface area (Å²) < 4.78 is 5.66. The van der Waals surface area contributed by atoms with Crippen molar-refractivity contribution < 1.29 is 4.74 Å². The Labute approximate surface area is 124 Å². The van der Waals surface area contributed by atoms with Gasteiger partial charge < -0.3 is 10.5 Å². The van der Waals surface area contributed by atoms with Crippen LogP contribution in [0.15, 0.2) is 41.4 Å². The van der Waals surface area contributed by atoms with Gasteiger partial charge in [-0.1, -0.05) is 0 Å². The number of hydrogen-bond acceptors (Lipinski definition) is 4. The maximum Gasteiger partial charge on any atom is 0.119 e. The van der Waals surface area contributed by atoms with Crippen LogP contribution in [0.4, 0.5) is 5.69 Å². The van der Waals surface area contributed by atoms with Crippen molar-refractivity contribution in [3.63, 3.8) is 0 Å². The van der Waals surface area contributed by atoms with E-state index >= 15 is 0 Å². The molecule has 1 aromatic carbocycles. The molecule has 2 aromatic rings. The van der Waals surface area contributed by atoms with E-state index in [-0.39, 0.29) is 0 Å². The van der Waals surface area contributed by atoms with Crippen LogP contribution in [0.1, 0.15) is 17.7 Å². The van der Waals surface area contributed by atoms with Crippen LogP contribution in [0.5, 0.6) is 5.75 Å². The van der Waals surface area contributed by atoms with Gasteiger partial charge in [0.25, 0.3) is 0 Å². The molecule has 0 fully saturated rings. The minimum atomic E-state index is 0.710. The molecule has 0 atom stereocenters. The van der Waals surface area contributed by atoms with E-state index in [2.05, 4.69) is 24.0 Å². The van der Waals surface area contributed by atoms with Gasteiger partial charge in [0, 0.05) is 17.1 Å². The van der Waals surface area contributed by atoms with Gasteiger partial charge in [-0.05, 0) is 62.2 Å². The molecule has 20 heavy (non-hydrogen) atoms. The lowest BCUT2D eigenvalue weighted by Gasteiger charge is -2.07. The number of ether oxygens (including phenoxy) is 1. The number of pyridine rings is 1. The predicted molar refractivity (Wildman–Crippen MR) is 85.4 cm³/mol. The minimum absolute atomic E-state index is 0.710. The molecule has 0 saturated heterocycles. The Hall–Kier alpha value is -1.68. The van der Waals surface area contributed by atoms with Crippen LogP contribution in [-0.4, -0.2) is 17.3 Å². The fourth-order valence-electron chi connectivity index (χ4n) is 1.87. The van der Waals surface area contributed by atoms with E-state index in [0.29, 0.717) is 6.61 Å². The van der Waals surface area contributed by atoms with Crippen LogP contribution >= 0.6 is 11.8 Å². The maximum atomic E-state index is 5.66. The zero-order valence-corrected chi connectivity index (χ0v) is 12.7. The Morgan fingerprint density at radius 2 is 1.90 bits per heavy atom. The van der Waals surface area contributed by atoms with Gasteiger partial charge in [-0.15, -0.1) is 11.8 Å². The second kappa shape index (κ2) is 7.20. The molecule has 0 aliphatic carbocycles. The average molecular weight is 288 g/mol. The number of rotatable bonds is 6. The minimum Gasteiger partial charge on any atom is -0.494 e. The van der Waals surface area contributed by atoms with Gasteiger partial charge in [0.15, 0.2) is 0 Å². The van der Waals surface area contributed by atoms with E-state index in [1.165, 1.54) is 5.56 Å². The highest BCUT2D eigenvalue weighted by atomic mass is 32.2. The van der Waals surface area contributed by atoms with Crippen LogP contribution in [-0.2, 0) is 0 Å². The summed E-state index contributed by atoms with van der Waals surface area (Å²) in [4.78, 5) is 4.51. The van der Waals surface area contributed by atoms with Crippen molar-refractivity contribution in [2.24, 2.45) is 0 Å². The van der Waals surface area contributed by atoms with E-state index in [0.717, 1.165) is 34.3 Å². The van der Waals surface area contributed by atoms with E-state index in [1.54, 1.807) is 11.8 Å². The summed E-state index contributed by atoms with van der Waals surface area (Å²) in [7, 11) is 0. The first kappa shape index (κ1) is 14.7. The Kier molecular flexibility index (Phi) is 5.30. The van der Waals surface area contributed by atoms with Crippen molar-refractivity contribution >= 4 is 17.4 Å². The summed E-state index contributed by atoms with van der Waals surface area (Å²) in [5.41, 5.74) is 8.72. The number of hydrogen-bond donors (Lipinski definition) is 1. The number of nitrogens with two attached hydrogens (primary N) is 1. The zero-order valence-electron chi connectivity index (χ0n) is 11.9. The van der Waals surface area contributed by atoms with Crippen LogP contribution in [0.3, 0.4) is 0 Å². The van der Waals surface area contributed by atoms with Crippen LogP contribution < -0.4 is 10.5 Å². The Bertz CT molecular complexity index is 535. The van der Waals surface area contributed by atoms with E-state index < -0.39 is 0 Å². The Morgan fingerprint density at radius 1 is 1.15 bits per heavy atom. The van der Waals surface area contributed by atoms with Crippen LogP contribution in [0.25, 0.3) is 0 Å². The summed E-state index contributed by atoms with van der Waals surface area (Å²) in [5, 5.41) is 1.09. The van der Waals surface area contributed by atoms with Crippen molar-refractivity contribution in [3.8, 4) is 5.75 Å². The molecule has 3 nitrogen and oxygen atoms in total. The van der Waals surface area contributed by atoms with Gasteiger partial charge in [-0.2, -0.15) is 0 Å². The van der Waals surface area contributed by atoms with Crippen molar-refractivity contribution in [2.75, 3.05) is 18.1 Å². The van der Waals surface area contributed by atoms with Crippen LogP contribution in [0.2, 0.25) is 0 Å². The monoisotopic (exact) mass is 288 g/mol. The molecule has 2 N–H and O–H groups in total. The molecule has 0 aliphatic heterocycles. The third-order valence-corrected chi connectivity index (χ3v) is 3.76. The Balaban J connectivity index is 1.70. The average Bonchev–Trinajstić information content (AvgIpc) is 2.39. The first-order valence-electron chi connectivity index (χ1n) is 6.70. The molecular weight excluding hydrogens is 268 g/mol. The van der Waals surface area contributed by atoms with Crippen molar-refractivity contribution in [3.05, 3.63) is 47.7 Å². The van der Waals surface area contributed by atoms with E-state index in [4.69, 9.17) is 10.5 Å². The van der Waals surface area contributed by atoms with Crippen LogP contribution in [0, 0.1) is 13.8 Å². The molecule has 1 aromatic heterocycles. The number of aryl methyl sites for hydroxylation is 2. The summed E-state index contributed by atoms with van der Waals surface area (Å²) in [5.74, 6) is 1.87. The van der Waals surface area contributed by atoms with Crippen molar-refractivity contribution in [2.45, 2.75) is 25.3 Å². The lowest BCUT2D eigenvalue weighted by atomic mass is 10.3. The van der Waals surface area contributed by atoms with Gasteiger partial charge in [-0.3, -0.25) is 0 Å². The second-order valence-electron chi connectivity index (χ2n) is 4.74. The van der Waals surface area contributed by atoms with E-state index in [1.807, 2.05) is 31.2 Å². The number of nitrogen functional groups attached to an aromatic ring is 1. The molecule has 0 amide bonds. The van der Waals surface area contributed by atoms with Gasteiger partial charge >= 0.3 is 0 Å². The highest BCUT2D eigenvalue weighted by Crippen LogP contribution is 2.19. The molecule has 0 unspecified atom stereocenters. The molecular formula is C16H20N2OS. The lowest BCUT2D eigenvalue weighted by molar-refractivity contribution is 0.319. The molecule has 0 radical (unpaired) electrons. The van der Waals surface area contributed by atoms with E-state index in [9.17, 15) is 0 Å². The quantitative estimate of drug-likeness (QED) is 0.498. The highest BCUT2D eigenvalue weighted by Gasteiger charge is 1.99. The fourth-order valence-corrected chi connectivity index (χ4v) is 2.82. The molecule has 4 heteroatoms. The number of nitrogens with zero attached hydrogens (tertiary/aromatic N) is 1. The predicted octanol–water partition coefficient (Wildman–Crippen LogP) is 3.84. The van der Waals surface area contributed by atoms with Gasteiger partial charge in [0.1, 0.15) is 5.75 Å². The first-order chi connectivity index (χ1) is 9.63. The SMILES string of the molecule is Cc1cc(C)nc(SCCCOc2ccc(N)cc2)c1. The number of anilines is 1. The summed E-state index contributed by atoms with van der Waals surface area (Å²) >= 11 is 1.78. The summed E-state index contributed by atoms with van der Waals surface area (Å²) in [6.45, 7) is 4.84. The largest absolute Gasteiger partial charge is 0.494 e. The van der Waals surface area contributed by atoms with Gasteiger partial charge in [0.2, 0.25) is 0 Å². The Morgan fingerprint density at radius 3 is 2.60 bits per heavy atom. The summed E-state index contributed by atoms with van der Waals surface area (Å²) in [6.07, 6.45) is 0.990. The molecule has 1 heterocycles. The third kappa shape index (κ3) is 4.78. The molecule has 0 aliphatic rings. The fraction of sp³-hybridized carbons (Fsp3) is 0.312. The third-order valence-electron chi connectivity index (χ3n) is 2.76. The molecule has 0 saturated carbocycles.